The smallest absolute Gasteiger partial charge is 0.346 e. The van der Waals surface area contributed by atoms with Gasteiger partial charge < -0.3 is 9.88 Å². The van der Waals surface area contributed by atoms with E-state index < -0.39 is 18.6 Å². The van der Waals surface area contributed by atoms with Gasteiger partial charge in [0.15, 0.2) is 5.16 Å². The van der Waals surface area contributed by atoms with Crippen LogP contribution in [0, 0.1) is 0 Å². The van der Waals surface area contributed by atoms with E-state index in [1.807, 2.05) is 35.6 Å². The predicted molar refractivity (Wildman–Crippen MR) is 85.7 cm³/mol. The number of imidazole rings is 1. The molecule has 128 valence electrons. The van der Waals surface area contributed by atoms with Crippen molar-refractivity contribution in [3.05, 3.63) is 36.5 Å². The van der Waals surface area contributed by atoms with Gasteiger partial charge >= 0.3 is 6.18 Å². The fraction of sp³-hybridized carbons (Fsp3) is 0.375. The van der Waals surface area contributed by atoms with E-state index in [2.05, 4.69) is 9.55 Å². The Morgan fingerprint density at radius 2 is 2.00 bits per heavy atom. The summed E-state index contributed by atoms with van der Waals surface area (Å²) < 4.78 is 38.4. The van der Waals surface area contributed by atoms with Gasteiger partial charge in [-0.3, -0.25) is 4.79 Å². The number of carbonyl (C=O) groups is 1. The van der Waals surface area contributed by atoms with E-state index in [4.69, 9.17) is 0 Å². The summed E-state index contributed by atoms with van der Waals surface area (Å²) >= 11 is 1.16. The molecule has 0 bridgehead atoms. The number of hydrogen-bond acceptors (Lipinski definition) is 3. The zero-order chi connectivity index (χ0) is 17.2. The molecule has 1 amide bonds. The maximum Gasteiger partial charge on any atom is 0.405 e. The van der Waals surface area contributed by atoms with E-state index in [9.17, 15) is 18.0 Å². The summed E-state index contributed by atoms with van der Waals surface area (Å²) in [4.78, 5) is 15.9. The zero-order valence-corrected chi connectivity index (χ0v) is 13.5. The third kappa shape index (κ3) is 4.31. The molecule has 0 radical (unpaired) electrons. The van der Waals surface area contributed by atoms with E-state index in [1.165, 1.54) is 0 Å². The van der Waals surface area contributed by atoms with Gasteiger partial charge in [-0.25, -0.2) is 4.98 Å². The lowest BCUT2D eigenvalue weighted by molar-refractivity contribution is -0.136. The fourth-order valence-electron chi connectivity index (χ4n) is 2.34. The van der Waals surface area contributed by atoms with Crippen LogP contribution in [0.15, 0.2) is 41.7 Å². The van der Waals surface area contributed by atoms with Crippen LogP contribution >= 0.6 is 11.8 Å². The first kappa shape index (κ1) is 16.9. The minimum absolute atomic E-state index is 0.0892. The highest BCUT2D eigenvalue weighted by atomic mass is 32.2. The highest BCUT2D eigenvalue weighted by Crippen LogP contribution is 2.41. The van der Waals surface area contributed by atoms with Crippen LogP contribution < -0.4 is 5.32 Å². The van der Waals surface area contributed by atoms with Crippen LogP contribution in [-0.2, 0) is 4.79 Å². The van der Waals surface area contributed by atoms with Crippen molar-refractivity contribution in [1.82, 2.24) is 14.9 Å². The third-order valence-corrected chi connectivity index (χ3v) is 4.53. The van der Waals surface area contributed by atoms with Crippen LogP contribution in [0.25, 0.3) is 11.3 Å². The first-order chi connectivity index (χ1) is 11.4. The van der Waals surface area contributed by atoms with Crippen molar-refractivity contribution in [1.29, 1.82) is 0 Å². The van der Waals surface area contributed by atoms with Crippen LogP contribution in [0.2, 0.25) is 0 Å². The lowest BCUT2D eigenvalue weighted by Gasteiger charge is -2.11. The van der Waals surface area contributed by atoms with Crippen LogP contribution in [-0.4, -0.2) is 33.9 Å². The standard InChI is InChI=1S/C16H16F3N3OS/c17-16(18,19)10-21-14(23)9-24-15-20-8-13(22(15)12-6-7-12)11-4-2-1-3-5-11/h1-5,8,12H,6-7,9-10H2,(H,21,23). The van der Waals surface area contributed by atoms with Crippen molar-refractivity contribution in [2.45, 2.75) is 30.2 Å². The molecule has 0 unspecified atom stereocenters. The normalized spacial score (nSPS) is 14.6. The van der Waals surface area contributed by atoms with Gasteiger partial charge in [-0.1, -0.05) is 42.1 Å². The number of hydrogen-bond donors (Lipinski definition) is 1. The highest BCUT2D eigenvalue weighted by molar-refractivity contribution is 7.99. The van der Waals surface area contributed by atoms with Gasteiger partial charge in [0.2, 0.25) is 5.91 Å². The summed E-state index contributed by atoms with van der Waals surface area (Å²) in [6.45, 7) is -1.31. The molecule has 0 saturated heterocycles. The average molecular weight is 355 g/mol. The second-order valence-electron chi connectivity index (χ2n) is 5.57. The summed E-state index contributed by atoms with van der Waals surface area (Å²) in [6, 6.07) is 10.1. The lowest BCUT2D eigenvalue weighted by atomic mass is 10.2. The van der Waals surface area contributed by atoms with Gasteiger partial charge in [0, 0.05) is 6.04 Å². The van der Waals surface area contributed by atoms with Crippen molar-refractivity contribution < 1.29 is 18.0 Å². The third-order valence-electron chi connectivity index (χ3n) is 3.56. The molecule has 1 aliphatic rings. The Labute approximate surface area is 141 Å². The monoisotopic (exact) mass is 355 g/mol. The number of nitrogens with one attached hydrogen (secondary N) is 1. The molecule has 4 nitrogen and oxygen atoms in total. The first-order valence-electron chi connectivity index (χ1n) is 7.53. The largest absolute Gasteiger partial charge is 0.405 e. The molecule has 1 aliphatic carbocycles. The summed E-state index contributed by atoms with van der Waals surface area (Å²) in [5, 5.41) is 2.54. The van der Waals surface area contributed by atoms with Crippen molar-refractivity contribution >= 4 is 17.7 Å². The Kier molecular flexibility index (Phi) is 4.84. The number of rotatable bonds is 6. The Bertz CT molecular complexity index is 711. The van der Waals surface area contributed by atoms with E-state index in [1.54, 1.807) is 6.20 Å². The number of alkyl halides is 3. The molecule has 0 spiro atoms. The van der Waals surface area contributed by atoms with Crippen LogP contribution in [0.1, 0.15) is 18.9 Å². The molecule has 1 saturated carbocycles. The molecule has 0 atom stereocenters. The molecule has 1 heterocycles. The minimum atomic E-state index is -4.40. The number of amides is 1. The maximum atomic E-state index is 12.1. The van der Waals surface area contributed by atoms with Gasteiger partial charge in [0.1, 0.15) is 6.54 Å². The molecule has 1 aromatic heterocycles. The molecular weight excluding hydrogens is 339 g/mol. The Morgan fingerprint density at radius 1 is 1.29 bits per heavy atom. The van der Waals surface area contributed by atoms with Gasteiger partial charge in [0.25, 0.3) is 0 Å². The van der Waals surface area contributed by atoms with E-state index in [0.717, 1.165) is 35.9 Å². The van der Waals surface area contributed by atoms with Crippen molar-refractivity contribution in [2.75, 3.05) is 12.3 Å². The number of halogens is 3. The lowest BCUT2D eigenvalue weighted by Crippen LogP contribution is -2.34. The SMILES string of the molecule is O=C(CSc1ncc(-c2ccccc2)n1C1CC1)NCC(F)(F)F. The van der Waals surface area contributed by atoms with Gasteiger partial charge in [-0.05, 0) is 18.4 Å². The summed E-state index contributed by atoms with van der Waals surface area (Å²) in [5.41, 5.74) is 2.00. The topological polar surface area (TPSA) is 46.9 Å². The first-order valence-corrected chi connectivity index (χ1v) is 8.51. The summed E-state index contributed by atoms with van der Waals surface area (Å²) in [5.74, 6) is -0.738. The minimum Gasteiger partial charge on any atom is -0.346 e. The second-order valence-corrected chi connectivity index (χ2v) is 6.52. The number of thioether (sulfide) groups is 1. The predicted octanol–water partition coefficient (Wildman–Crippen LogP) is 3.66. The van der Waals surface area contributed by atoms with E-state index in [-0.39, 0.29) is 5.75 Å². The molecule has 2 aromatic rings. The highest BCUT2D eigenvalue weighted by Gasteiger charge is 2.30. The van der Waals surface area contributed by atoms with Crippen molar-refractivity contribution in [3.8, 4) is 11.3 Å². The van der Waals surface area contributed by atoms with E-state index in [0.29, 0.717) is 11.2 Å². The Balaban J connectivity index is 1.68. The molecule has 1 fully saturated rings. The number of aromatic nitrogens is 2. The molecule has 0 aliphatic heterocycles. The molecule has 3 rings (SSSR count). The molecular formula is C16H16F3N3OS. The Morgan fingerprint density at radius 3 is 2.62 bits per heavy atom. The van der Waals surface area contributed by atoms with Gasteiger partial charge in [0.05, 0.1) is 17.6 Å². The number of nitrogens with zero attached hydrogens (tertiary/aromatic N) is 2. The van der Waals surface area contributed by atoms with Crippen LogP contribution in [0.3, 0.4) is 0 Å². The molecule has 8 heteroatoms. The van der Waals surface area contributed by atoms with E-state index >= 15 is 0 Å². The average Bonchev–Trinajstić information content (AvgIpc) is 3.30. The molecule has 1 N–H and O–H groups in total. The molecule has 1 aromatic carbocycles. The second kappa shape index (κ2) is 6.88. The van der Waals surface area contributed by atoms with Gasteiger partial charge in [-0.15, -0.1) is 0 Å². The van der Waals surface area contributed by atoms with Crippen molar-refractivity contribution in [3.63, 3.8) is 0 Å². The molecule has 24 heavy (non-hydrogen) atoms. The summed E-state index contributed by atoms with van der Waals surface area (Å²) in [7, 11) is 0. The number of carbonyl (C=O) groups excluding carboxylic acids is 1. The Hall–Kier alpha value is -1.96. The fourth-order valence-corrected chi connectivity index (χ4v) is 3.21. The van der Waals surface area contributed by atoms with Crippen LogP contribution in [0.4, 0.5) is 13.2 Å². The number of benzene rings is 1. The van der Waals surface area contributed by atoms with Crippen LogP contribution in [0.5, 0.6) is 0 Å². The van der Waals surface area contributed by atoms with Gasteiger partial charge in [-0.2, -0.15) is 13.2 Å². The summed E-state index contributed by atoms with van der Waals surface area (Å²) in [6.07, 6.45) is -0.551. The maximum absolute atomic E-state index is 12.1. The quantitative estimate of drug-likeness (QED) is 0.805. The van der Waals surface area contributed by atoms with Crippen molar-refractivity contribution in [2.24, 2.45) is 0 Å². The zero-order valence-electron chi connectivity index (χ0n) is 12.7.